The van der Waals surface area contributed by atoms with Gasteiger partial charge in [0.15, 0.2) is 5.01 Å². The van der Waals surface area contributed by atoms with Gasteiger partial charge in [0, 0.05) is 30.6 Å². The van der Waals surface area contributed by atoms with Crippen molar-refractivity contribution in [3.8, 4) is 16.3 Å². The number of nitrogens with zero attached hydrogens (tertiary/aromatic N) is 3. The molecular weight excluding hydrogens is 420 g/mol. The number of nitrogens with one attached hydrogen (secondary N) is 1. The molecule has 0 bridgehead atoms. The van der Waals surface area contributed by atoms with Crippen LogP contribution in [0.2, 0.25) is 5.02 Å². The Hall–Kier alpha value is -2.64. The Kier molecular flexibility index (Phi) is 6.50. The maximum atomic E-state index is 12.5. The van der Waals surface area contributed by atoms with Crippen molar-refractivity contribution in [3.63, 3.8) is 0 Å². The third kappa shape index (κ3) is 4.74. The van der Waals surface area contributed by atoms with Gasteiger partial charge in [0.1, 0.15) is 10.8 Å². The standard InChI is InChI=1S/C22H23ClN4O2S/c1-29-19-5-3-2-4-18(19)21-26-25-20(30-21)16-10-12-27(13-11-16)22(28)24-14-15-6-8-17(23)9-7-15/h2-9,16H,10-14H2,1H3,(H,24,28). The van der Waals surface area contributed by atoms with Gasteiger partial charge in [-0.15, -0.1) is 10.2 Å². The molecule has 30 heavy (non-hydrogen) atoms. The summed E-state index contributed by atoms with van der Waals surface area (Å²) in [6.45, 7) is 1.91. The third-order valence-electron chi connectivity index (χ3n) is 5.27. The van der Waals surface area contributed by atoms with Crippen LogP contribution in [0, 0.1) is 0 Å². The molecule has 1 aliphatic heterocycles. The van der Waals surface area contributed by atoms with Crippen molar-refractivity contribution in [2.75, 3.05) is 20.2 Å². The van der Waals surface area contributed by atoms with Crippen molar-refractivity contribution in [1.82, 2.24) is 20.4 Å². The van der Waals surface area contributed by atoms with E-state index < -0.39 is 0 Å². The Balaban J connectivity index is 1.32. The highest BCUT2D eigenvalue weighted by Gasteiger charge is 2.26. The molecule has 0 aliphatic carbocycles. The van der Waals surface area contributed by atoms with Gasteiger partial charge in [-0.1, -0.05) is 47.2 Å². The van der Waals surface area contributed by atoms with Crippen LogP contribution in [0.15, 0.2) is 48.5 Å². The lowest BCUT2D eigenvalue weighted by Crippen LogP contribution is -2.43. The van der Waals surface area contributed by atoms with E-state index in [2.05, 4.69) is 15.5 Å². The van der Waals surface area contributed by atoms with Gasteiger partial charge >= 0.3 is 6.03 Å². The minimum Gasteiger partial charge on any atom is -0.496 e. The second-order valence-corrected chi connectivity index (χ2v) is 8.64. The van der Waals surface area contributed by atoms with Crippen molar-refractivity contribution < 1.29 is 9.53 Å². The number of hydrogen-bond donors (Lipinski definition) is 1. The number of carbonyl (C=O) groups is 1. The van der Waals surface area contributed by atoms with Crippen molar-refractivity contribution in [3.05, 3.63) is 64.1 Å². The molecule has 8 heteroatoms. The molecule has 0 spiro atoms. The van der Waals surface area contributed by atoms with Gasteiger partial charge in [0.05, 0.1) is 12.7 Å². The van der Waals surface area contributed by atoms with Crippen LogP contribution in [0.5, 0.6) is 5.75 Å². The molecule has 2 aromatic carbocycles. The zero-order valence-corrected chi connectivity index (χ0v) is 18.2. The first kappa shape index (κ1) is 20.6. The molecule has 2 heterocycles. The van der Waals surface area contributed by atoms with Gasteiger partial charge in [-0.2, -0.15) is 0 Å². The van der Waals surface area contributed by atoms with E-state index in [1.54, 1.807) is 18.4 Å². The zero-order chi connectivity index (χ0) is 20.9. The van der Waals surface area contributed by atoms with E-state index >= 15 is 0 Å². The molecule has 1 aliphatic rings. The molecule has 1 fully saturated rings. The highest BCUT2D eigenvalue weighted by Crippen LogP contribution is 2.36. The predicted molar refractivity (Wildman–Crippen MR) is 119 cm³/mol. The highest BCUT2D eigenvalue weighted by atomic mass is 35.5. The average molecular weight is 443 g/mol. The Bertz CT molecular complexity index is 1000. The van der Waals surface area contributed by atoms with Crippen LogP contribution in [0.3, 0.4) is 0 Å². The maximum absolute atomic E-state index is 12.5. The lowest BCUT2D eigenvalue weighted by atomic mass is 9.98. The van der Waals surface area contributed by atoms with Gasteiger partial charge < -0.3 is 15.0 Å². The minimum atomic E-state index is -0.0321. The van der Waals surface area contributed by atoms with E-state index in [0.717, 1.165) is 39.7 Å². The van der Waals surface area contributed by atoms with Gasteiger partial charge in [0.25, 0.3) is 0 Å². The van der Waals surface area contributed by atoms with Crippen molar-refractivity contribution >= 4 is 29.0 Å². The number of rotatable bonds is 5. The first-order chi connectivity index (χ1) is 14.6. The molecule has 1 N–H and O–H groups in total. The van der Waals surface area contributed by atoms with E-state index in [-0.39, 0.29) is 6.03 Å². The molecule has 2 amide bonds. The molecule has 6 nitrogen and oxygen atoms in total. The number of para-hydroxylation sites is 1. The number of piperidine rings is 1. The summed E-state index contributed by atoms with van der Waals surface area (Å²) in [6.07, 6.45) is 1.77. The second kappa shape index (κ2) is 9.45. The number of likely N-dealkylation sites (tertiary alicyclic amines) is 1. The molecule has 0 radical (unpaired) electrons. The fraction of sp³-hybridized carbons (Fsp3) is 0.318. The molecule has 1 saturated heterocycles. The Morgan fingerprint density at radius 1 is 1.17 bits per heavy atom. The molecule has 3 aromatic rings. The van der Waals surface area contributed by atoms with Crippen LogP contribution in [0.4, 0.5) is 4.79 Å². The van der Waals surface area contributed by atoms with Crippen molar-refractivity contribution in [2.45, 2.75) is 25.3 Å². The lowest BCUT2D eigenvalue weighted by Gasteiger charge is -2.31. The summed E-state index contributed by atoms with van der Waals surface area (Å²) in [5, 5.41) is 14.4. The van der Waals surface area contributed by atoms with Crippen LogP contribution in [0.1, 0.15) is 29.3 Å². The topological polar surface area (TPSA) is 67.4 Å². The summed E-state index contributed by atoms with van der Waals surface area (Å²) in [7, 11) is 1.66. The number of urea groups is 1. The van der Waals surface area contributed by atoms with Gasteiger partial charge in [0.2, 0.25) is 0 Å². The third-order valence-corrected chi connectivity index (χ3v) is 6.64. The molecular formula is C22H23ClN4O2S. The van der Waals surface area contributed by atoms with Crippen LogP contribution < -0.4 is 10.1 Å². The molecule has 0 atom stereocenters. The van der Waals surface area contributed by atoms with Crippen LogP contribution in [-0.4, -0.2) is 41.3 Å². The number of amides is 2. The van der Waals surface area contributed by atoms with Crippen LogP contribution in [-0.2, 0) is 6.54 Å². The second-order valence-electron chi connectivity index (χ2n) is 7.19. The maximum Gasteiger partial charge on any atom is 0.317 e. The number of carbonyl (C=O) groups excluding carboxylic acids is 1. The number of aromatic nitrogens is 2. The summed E-state index contributed by atoms with van der Waals surface area (Å²) in [4.78, 5) is 14.4. The zero-order valence-electron chi connectivity index (χ0n) is 16.7. The SMILES string of the molecule is COc1ccccc1-c1nnc(C2CCN(C(=O)NCc3ccc(Cl)cc3)CC2)s1. The first-order valence-electron chi connectivity index (χ1n) is 9.88. The summed E-state index contributed by atoms with van der Waals surface area (Å²) >= 11 is 7.51. The molecule has 0 saturated carbocycles. The normalized spacial score (nSPS) is 14.5. The number of ether oxygens (including phenoxy) is 1. The summed E-state index contributed by atoms with van der Waals surface area (Å²) in [5.41, 5.74) is 1.99. The predicted octanol–water partition coefficient (Wildman–Crippen LogP) is 4.96. The fourth-order valence-electron chi connectivity index (χ4n) is 3.55. The Morgan fingerprint density at radius 2 is 1.90 bits per heavy atom. The largest absolute Gasteiger partial charge is 0.496 e. The summed E-state index contributed by atoms with van der Waals surface area (Å²) in [5.74, 6) is 1.12. The average Bonchev–Trinajstić information content (AvgIpc) is 3.28. The summed E-state index contributed by atoms with van der Waals surface area (Å²) < 4.78 is 5.44. The van der Waals surface area contributed by atoms with Gasteiger partial charge in [-0.05, 0) is 42.7 Å². The van der Waals surface area contributed by atoms with E-state index in [1.165, 1.54) is 0 Å². The smallest absolute Gasteiger partial charge is 0.317 e. The Labute approximate surface area is 184 Å². The van der Waals surface area contributed by atoms with Crippen LogP contribution in [0.25, 0.3) is 10.6 Å². The summed E-state index contributed by atoms with van der Waals surface area (Å²) in [6, 6.07) is 15.3. The number of methoxy groups -OCH3 is 1. The number of halogens is 1. The molecule has 0 unspecified atom stereocenters. The van der Waals surface area contributed by atoms with Gasteiger partial charge in [-0.3, -0.25) is 0 Å². The lowest BCUT2D eigenvalue weighted by molar-refractivity contribution is 0.181. The molecule has 4 rings (SSSR count). The fourth-order valence-corrected chi connectivity index (χ4v) is 4.72. The quantitative estimate of drug-likeness (QED) is 0.606. The van der Waals surface area contributed by atoms with Crippen molar-refractivity contribution in [1.29, 1.82) is 0 Å². The van der Waals surface area contributed by atoms with Crippen molar-refractivity contribution in [2.24, 2.45) is 0 Å². The van der Waals surface area contributed by atoms with E-state index in [4.69, 9.17) is 16.3 Å². The van der Waals surface area contributed by atoms with Crippen LogP contribution >= 0.6 is 22.9 Å². The van der Waals surface area contributed by atoms with E-state index in [9.17, 15) is 4.79 Å². The Morgan fingerprint density at radius 3 is 2.63 bits per heavy atom. The molecule has 1 aromatic heterocycles. The minimum absolute atomic E-state index is 0.0321. The highest BCUT2D eigenvalue weighted by molar-refractivity contribution is 7.14. The number of benzene rings is 2. The number of hydrogen-bond acceptors (Lipinski definition) is 5. The first-order valence-corrected chi connectivity index (χ1v) is 11.1. The van der Waals surface area contributed by atoms with E-state index in [0.29, 0.717) is 30.6 Å². The van der Waals surface area contributed by atoms with E-state index in [1.807, 2.05) is 53.4 Å². The van der Waals surface area contributed by atoms with Gasteiger partial charge in [-0.25, -0.2) is 4.79 Å². The monoisotopic (exact) mass is 442 g/mol. The molecule has 156 valence electrons.